The Kier molecular flexibility index (Phi) is 30.1. The summed E-state index contributed by atoms with van der Waals surface area (Å²) in [7, 11) is 1.30. The van der Waals surface area contributed by atoms with Crippen LogP contribution in [0.15, 0.2) is 83.1 Å². The zero-order chi connectivity index (χ0) is 95.2. The Hall–Kier alpha value is -8.98. The van der Waals surface area contributed by atoms with Crippen molar-refractivity contribution in [1.29, 1.82) is 0 Å². The minimum absolute atomic E-state index is 0.00614. The molecule has 8 heterocycles. The molecule has 33 heteroatoms. The number of alkyl halides is 1. The number of aromatic hydroxyl groups is 1. The number of anilines is 2. The molecule has 2 unspecified atom stereocenters. The average molecular weight is 1930 g/mol. The first-order valence-electron chi connectivity index (χ1n) is 46.6. The molecule has 16 atom stereocenters. The van der Waals surface area contributed by atoms with Gasteiger partial charge in [-0.3, -0.25) is 48.2 Å². The van der Waals surface area contributed by atoms with Gasteiger partial charge in [0.05, 0.1) is 117 Å². The summed E-state index contributed by atoms with van der Waals surface area (Å²) in [5.74, 6) is -2.58. The maximum Gasteiger partial charge on any atom is 0.312 e. The van der Waals surface area contributed by atoms with Gasteiger partial charge in [-0.2, -0.15) is 9.97 Å². The third-order valence-electron chi connectivity index (χ3n) is 28.4. The molecule has 16 rings (SSSR count). The number of amides is 2. The fourth-order valence-electron chi connectivity index (χ4n) is 20.2. The molecular formula is C99H131BrCl2N10O20. The van der Waals surface area contributed by atoms with Crippen LogP contribution in [0.5, 0.6) is 23.0 Å². The molecule has 4 N–H and O–H groups in total. The number of morpholine rings is 2. The van der Waals surface area contributed by atoms with Gasteiger partial charge in [-0.25, -0.2) is 9.97 Å². The molecule has 10 fully saturated rings. The van der Waals surface area contributed by atoms with Crippen molar-refractivity contribution in [1.82, 2.24) is 39.5 Å². The lowest BCUT2D eigenvalue weighted by Crippen LogP contribution is -2.54. The second-order valence-corrected chi connectivity index (χ2v) is 43.4. The number of Topliss-reactive ketones (excluding diaryl/α,β-unsaturated/α-hetero) is 2. The van der Waals surface area contributed by atoms with Crippen molar-refractivity contribution in [2.75, 3.05) is 95.4 Å². The number of hydrogen-bond donors (Lipinski definition) is 4. The normalized spacial score (nSPS) is 27.2. The molecule has 0 bridgehead atoms. The van der Waals surface area contributed by atoms with Crippen LogP contribution < -0.4 is 24.8 Å². The number of methoxy groups -OCH3 is 1. The molecule has 0 radical (unpaired) electrons. The smallest absolute Gasteiger partial charge is 0.312 e. The number of likely N-dealkylation sites (tertiary alicyclic amines) is 2. The van der Waals surface area contributed by atoms with E-state index in [-0.39, 0.29) is 150 Å². The number of phenolic OH excluding ortho intramolecular Hbond substituents is 1. The quantitative estimate of drug-likeness (QED) is 0.0126. The Bertz CT molecular complexity index is 5280. The van der Waals surface area contributed by atoms with Crippen LogP contribution in [0.2, 0.25) is 10.0 Å². The number of carbonyl (C=O) groups is 8. The number of halogens is 3. The highest BCUT2D eigenvalue weighted by Gasteiger charge is 2.63. The molecule has 2 aromatic carbocycles. The van der Waals surface area contributed by atoms with E-state index in [0.717, 1.165) is 63.9 Å². The number of pyridine rings is 2. The van der Waals surface area contributed by atoms with Crippen LogP contribution in [-0.4, -0.2) is 241 Å². The first-order chi connectivity index (χ1) is 62.4. The van der Waals surface area contributed by atoms with Crippen molar-refractivity contribution in [3.63, 3.8) is 0 Å². The number of esters is 3. The maximum atomic E-state index is 14.9. The van der Waals surface area contributed by atoms with E-state index in [1.165, 1.54) is 48.3 Å². The van der Waals surface area contributed by atoms with Gasteiger partial charge in [-0.1, -0.05) is 92.8 Å². The second kappa shape index (κ2) is 40.1. The van der Waals surface area contributed by atoms with Gasteiger partial charge in [0.15, 0.2) is 11.6 Å². The van der Waals surface area contributed by atoms with Gasteiger partial charge in [0.2, 0.25) is 11.8 Å². The SMILES string of the molecule is C=C[C@@H]1C[C@]1(CC(=O)[C@@H]1C[C@@H](Oc2cc(-c3coc(NC(C)C)n3)nc3c(Cl)c(O)ccc23)CN1C(=O)[C@@H](CC(=O)OC1C[C@@H]2C[C@@H]2C1)C(C)(C)C)C(=O)OC.C=C[C@@H]1C[C@]1(CC(=O)[C@@H]1C[C@@H](Oc2cc(-c3coc(NC(C)C)n3)nc3c(Cl)c(OCCN4CCOCC4(C)C)ccc23)CN1C(=O)[C@@H](CC(=O)OC1C[C@@H]2C[C@@H]2C1)C(C)(C)C)C(=O)O.CC1(C)COCCN1CCBr. The molecular weight excluding hydrogens is 1800 g/mol. The van der Waals surface area contributed by atoms with Crippen molar-refractivity contribution in [2.45, 2.75) is 246 Å². The van der Waals surface area contributed by atoms with Crippen molar-refractivity contribution < 1.29 is 95.3 Å². The Balaban J connectivity index is 0.000000192. The zero-order valence-electron chi connectivity index (χ0n) is 78.8. The first-order valence-corrected chi connectivity index (χ1v) is 48.5. The number of aliphatic carboxylic acids is 1. The number of nitrogens with one attached hydrogen (secondary N) is 2. The highest BCUT2D eigenvalue weighted by Crippen LogP contribution is 2.60. The number of phenols is 1. The number of ketones is 2. The first kappa shape index (κ1) is 99.0. The van der Waals surface area contributed by atoms with Gasteiger partial charge in [-0.15, -0.1) is 13.2 Å². The molecule has 4 saturated heterocycles. The van der Waals surface area contributed by atoms with Crippen LogP contribution in [0.3, 0.4) is 0 Å². The van der Waals surface area contributed by atoms with Crippen LogP contribution in [0.4, 0.5) is 12.0 Å². The molecule has 30 nitrogen and oxygen atoms in total. The van der Waals surface area contributed by atoms with Crippen molar-refractivity contribution >= 4 is 120 Å². The summed E-state index contributed by atoms with van der Waals surface area (Å²) in [4.78, 5) is 138. The van der Waals surface area contributed by atoms with Gasteiger partial charge in [0.1, 0.15) is 88.0 Å². The lowest BCUT2D eigenvalue weighted by Gasteiger charge is -2.41. The van der Waals surface area contributed by atoms with Gasteiger partial charge in [-0.05, 0) is 177 Å². The van der Waals surface area contributed by atoms with Crippen LogP contribution in [0.1, 0.15) is 187 Å². The van der Waals surface area contributed by atoms with Crippen molar-refractivity contribution in [2.24, 2.45) is 69.0 Å². The molecule has 132 heavy (non-hydrogen) atoms. The molecule has 2 amide bonds. The van der Waals surface area contributed by atoms with E-state index in [9.17, 15) is 48.6 Å². The highest BCUT2D eigenvalue weighted by atomic mass is 79.9. The van der Waals surface area contributed by atoms with Crippen LogP contribution in [0, 0.1) is 69.0 Å². The number of ether oxygens (including phenoxy) is 8. The van der Waals surface area contributed by atoms with Gasteiger partial charge < -0.3 is 77.4 Å². The number of carboxylic acids is 1. The van der Waals surface area contributed by atoms with E-state index in [4.69, 9.17) is 79.9 Å². The number of allylic oxidation sites excluding steroid dienone is 2. The number of benzene rings is 2. The molecule has 6 aliphatic carbocycles. The third-order valence-corrected chi connectivity index (χ3v) is 29.4. The van der Waals surface area contributed by atoms with E-state index < -0.39 is 81.7 Å². The minimum atomic E-state index is -1.28. The van der Waals surface area contributed by atoms with E-state index in [1.807, 2.05) is 75.3 Å². The summed E-state index contributed by atoms with van der Waals surface area (Å²) in [6, 6.07) is 8.85. The van der Waals surface area contributed by atoms with E-state index in [2.05, 4.69) is 87.2 Å². The second-order valence-electron chi connectivity index (χ2n) is 41.9. The number of nitrogens with zero attached hydrogens (tertiary/aromatic N) is 8. The van der Waals surface area contributed by atoms with Gasteiger partial charge in [0, 0.05) is 103 Å². The Morgan fingerprint density at radius 1 is 0.583 bits per heavy atom. The topological polar surface area (TPSA) is 366 Å². The summed E-state index contributed by atoms with van der Waals surface area (Å²) in [5, 5.41) is 29.4. The summed E-state index contributed by atoms with van der Waals surface area (Å²) in [6.07, 6.45) is 10.5. The molecule has 0 spiro atoms. The highest BCUT2D eigenvalue weighted by molar-refractivity contribution is 9.09. The molecule has 4 aromatic heterocycles. The average Bonchev–Trinajstić information content (AvgIpc) is 1.58. The Morgan fingerprint density at radius 2 is 1.02 bits per heavy atom. The number of rotatable bonds is 34. The zero-order valence-corrected chi connectivity index (χ0v) is 81.9. The van der Waals surface area contributed by atoms with Crippen LogP contribution in [-0.2, 0) is 62.0 Å². The van der Waals surface area contributed by atoms with E-state index in [1.54, 1.807) is 36.4 Å². The van der Waals surface area contributed by atoms with E-state index in [0.29, 0.717) is 125 Å². The largest absolute Gasteiger partial charge is 0.506 e. The maximum absolute atomic E-state index is 14.9. The van der Waals surface area contributed by atoms with Crippen LogP contribution in [0.25, 0.3) is 44.6 Å². The minimum Gasteiger partial charge on any atom is -0.506 e. The van der Waals surface area contributed by atoms with E-state index >= 15 is 0 Å². The van der Waals surface area contributed by atoms with Gasteiger partial charge >= 0.3 is 23.9 Å². The molecule has 10 aliphatic rings. The Morgan fingerprint density at radius 3 is 1.42 bits per heavy atom. The fraction of sp³-hybridized carbons (Fsp3) is 0.636. The molecule has 6 aromatic rings. The summed E-state index contributed by atoms with van der Waals surface area (Å²) >= 11 is 17.2. The predicted molar refractivity (Wildman–Crippen MR) is 502 cm³/mol. The number of fused-ring (bicyclic) bond motifs is 4. The predicted octanol–water partition coefficient (Wildman–Crippen LogP) is 16.5. The lowest BCUT2D eigenvalue weighted by molar-refractivity contribution is -0.157. The fourth-order valence-corrected chi connectivity index (χ4v) is 21.1. The standard InChI is InChI=1S/C49H64ClN5O10.C42H51ClN4O9.C8H16BrNO/c1-9-30-22-49(30,45(59)60)23-38(56)37-19-32(24-55(37)44(58)34(47(4,5)6)20-41(57)65-31-17-28-16-29(28)18-31)64-40-21-35(36-25-63-46(53-36)51-27(2)3)52-43-33(40)10-11-39(42(43)50)62-15-13-54-12-14-61-26-48(54,7)8;1-8-24-17-42(24,39(52)53-7)18-33(49)31-14-26(19-47(31)38(51)28(41(4,5)6)15-35(50)56-25-12-22-11-23(22)13-25)55-34-16-29(30-20-54-40(46-30)44-21(2)3)45-37-27(34)9-10-32(48)36(37)43;1-8(2)7-11-6-5-10(8)4-3-9/h9-11,21,25,27-32,34,37H,1,12-20,22-24,26H2,2-8H3,(H,51,53)(H,59,60);8-10,16,20-26,28,31,48H,1,11-15,17-19H2,2-7H3,(H,44,46);3-7H2,1-2H3/t28-,29+,30-,31?,32-,34-,37+,49-;22-,23+,24-,25?,26-,28-,31+,42-;/m11./s1. The lowest BCUT2D eigenvalue weighted by atomic mass is 9.77. The van der Waals surface area contributed by atoms with Crippen molar-refractivity contribution in [3.8, 4) is 45.8 Å². The molecule has 718 valence electrons. The summed E-state index contributed by atoms with van der Waals surface area (Å²) in [5.41, 5.74) is -1.37. The molecule has 6 saturated carbocycles. The molecule has 4 aliphatic heterocycles. The number of hydrogen-bond acceptors (Lipinski definition) is 27. The van der Waals surface area contributed by atoms with Crippen LogP contribution >= 0.6 is 39.1 Å². The summed E-state index contributed by atoms with van der Waals surface area (Å²) < 4.78 is 59.2. The monoisotopic (exact) mass is 1930 g/mol. The number of carbonyl (C=O) groups excluding carboxylic acids is 7. The Labute approximate surface area is 791 Å². The van der Waals surface area contributed by atoms with Crippen molar-refractivity contribution in [3.05, 3.63) is 84.3 Å². The number of carboxylic acid groups (broad SMARTS) is 1. The summed E-state index contributed by atoms with van der Waals surface area (Å²) in [6.45, 7) is 42.7. The number of aromatic nitrogens is 4. The number of oxazole rings is 2. The van der Waals surface area contributed by atoms with Gasteiger partial charge in [0.25, 0.3) is 12.0 Å². The third kappa shape index (κ3) is 22.6.